The molecular formula is C13H19FN2O2S. The molecule has 0 unspecified atom stereocenters. The summed E-state index contributed by atoms with van der Waals surface area (Å²) < 4.78 is 39.1. The van der Waals surface area contributed by atoms with Gasteiger partial charge in [-0.1, -0.05) is 19.9 Å². The van der Waals surface area contributed by atoms with Crippen LogP contribution in [0.5, 0.6) is 0 Å². The van der Waals surface area contributed by atoms with Crippen LogP contribution in [0.15, 0.2) is 18.2 Å². The van der Waals surface area contributed by atoms with Crippen molar-refractivity contribution < 1.29 is 12.8 Å². The summed E-state index contributed by atoms with van der Waals surface area (Å²) in [7, 11) is -3.38. The minimum Gasteiger partial charge on any atom is -0.313 e. The van der Waals surface area contributed by atoms with Crippen molar-refractivity contribution in [1.82, 2.24) is 5.32 Å². The third-order valence-electron chi connectivity index (χ3n) is 3.15. The molecule has 106 valence electrons. The number of anilines is 1. The van der Waals surface area contributed by atoms with Crippen LogP contribution < -0.4 is 9.62 Å². The molecule has 0 radical (unpaired) electrons. The predicted octanol–water partition coefficient (Wildman–Crippen LogP) is 1.52. The van der Waals surface area contributed by atoms with E-state index in [9.17, 15) is 12.8 Å². The Balaban J connectivity index is 2.13. The summed E-state index contributed by atoms with van der Waals surface area (Å²) in [5.74, 6) is -0.373. The number of hydrogen-bond acceptors (Lipinski definition) is 3. The van der Waals surface area contributed by atoms with Gasteiger partial charge in [0.05, 0.1) is 11.4 Å². The fourth-order valence-electron chi connectivity index (χ4n) is 2.20. The zero-order valence-electron chi connectivity index (χ0n) is 11.2. The van der Waals surface area contributed by atoms with E-state index in [-0.39, 0.29) is 11.8 Å². The highest BCUT2D eigenvalue weighted by molar-refractivity contribution is 7.92. The molecule has 1 aromatic carbocycles. The molecule has 1 aliphatic rings. The van der Waals surface area contributed by atoms with E-state index in [0.717, 1.165) is 5.56 Å². The van der Waals surface area contributed by atoms with Crippen molar-refractivity contribution in [2.24, 2.45) is 0 Å². The highest BCUT2D eigenvalue weighted by atomic mass is 32.2. The minimum atomic E-state index is -3.38. The second kappa shape index (κ2) is 5.46. The van der Waals surface area contributed by atoms with Crippen LogP contribution >= 0.6 is 0 Å². The molecule has 1 N–H and O–H groups in total. The molecule has 19 heavy (non-hydrogen) atoms. The van der Waals surface area contributed by atoms with Gasteiger partial charge in [0, 0.05) is 19.1 Å². The summed E-state index contributed by atoms with van der Waals surface area (Å²) in [5, 5.41) is 3.08. The molecule has 0 aliphatic carbocycles. The highest BCUT2D eigenvalue weighted by Gasteiger charge is 2.29. The van der Waals surface area contributed by atoms with E-state index in [4.69, 9.17) is 0 Å². The smallest absolute Gasteiger partial charge is 0.236 e. The van der Waals surface area contributed by atoms with Gasteiger partial charge in [-0.3, -0.25) is 4.31 Å². The van der Waals surface area contributed by atoms with Crippen molar-refractivity contribution in [2.75, 3.05) is 23.1 Å². The molecule has 0 fully saturated rings. The summed E-state index contributed by atoms with van der Waals surface area (Å²) in [6.45, 7) is 4.74. The molecule has 1 aliphatic heterocycles. The van der Waals surface area contributed by atoms with Crippen LogP contribution in [0.3, 0.4) is 0 Å². The topological polar surface area (TPSA) is 49.4 Å². The standard InChI is InChI=1S/C13H19FN2O2S/c1-10(2)15-6-8-19(17,18)16-7-5-11-3-4-12(14)9-13(11)16/h3-4,9-10,15H,5-8H2,1-2H3. The molecule has 6 heteroatoms. The molecular weight excluding hydrogens is 267 g/mol. The van der Waals surface area contributed by atoms with Crippen molar-refractivity contribution in [1.29, 1.82) is 0 Å². The maximum absolute atomic E-state index is 13.2. The number of nitrogens with one attached hydrogen (secondary N) is 1. The maximum Gasteiger partial charge on any atom is 0.236 e. The van der Waals surface area contributed by atoms with Crippen LogP contribution in [0.25, 0.3) is 0 Å². The lowest BCUT2D eigenvalue weighted by atomic mass is 10.2. The number of nitrogens with zero attached hydrogens (tertiary/aromatic N) is 1. The minimum absolute atomic E-state index is 0.0289. The van der Waals surface area contributed by atoms with Crippen molar-refractivity contribution >= 4 is 15.7 Å². The molecule has 1 aromatic rings. The predicted molar refractivity (Wildman–Crippen MR) is 74.4 cm³/mol. The summed E-state index contributed by atoms with van der Waals surface area (Å²) in [4.78, 5) is 0. The van der Waals surface area contributed by atoms with Crippen molar-refractivity contribution in [2.45, 2.75) is 26.3 Å². The van der Waals surface area contributed by atoms with Gasteiger partial charge in [-0.15, -0.1) is 0 Å². The Labute approximate surface area is 113 Å². The summed E-state index contributed by atoms with van der Waals surface area (Å²) in [5.41, 5.74) is 1.38. The second-order valence-electron chi connectivity index (χ2n) is 5.02. The fraction of sp³-hybridized carbons (Fsp3) is 0.538. The Kier molecular flexibility index (Phi) is 4.10. The number of hydrogen-bond donors (Lipinski definition) is 1. The molecule has 0 atom stereocenters. The average Bonchev–Trinajstić information content (AvgIpc) is 2.71. The first-order chi connectivity index (χ1) is 8.90. The van der Waals surface area contributed by atoms with E-state index >= 15 is 0 Å². The summed E-state index contributed by atoms with van der Waals surface area (Å²) in [6.07, 6.45) is 0.645. The quantitative estimate of drug-likeness (QED) is 0.893. The van der Waals surface area contributed by atoms with Gasteiger partial charge in [0.25, 0.3) is 0 Å². The Morgan fingerprint density at radius 2 is 2.16 bits per heavy atom. The molecule has 2 rings (SSSR count). The van der Waals surface area contributed by atoms with E-state index in [1.165, 1.54) is 16.4 Å². The Morgan fingerprint density at radius 3 is 2.84 bits per heavy atom. The molecule has 0 saturated carbocycles. The van der Waals surface area contributed by atoms with Crippen LogP contribution in [-0.2, 0) is 16.4 Å². The third-order valence-corrected chi connectivity index (χ3v) is 4.92. The van der Waals surface area contributed by atoms with Gasteiger partial charge >= 0.3 is 0 Å². The number of fused-ring (bicyclic) bond motifs is 1. The first-order valence-electron chi connectivity index (χ1n) is 6.42. The lowest BCUT2D eigenvalue weighted by Crippen LogP contribution is -2.36. The van der Waals surface area contributed by atoms with E-state index in [2.05, 4.69) is 5.32 Å². The first kappa shape index (κ1) is 14.3. The Morgan fingerprint density at radius 1 is 1.42 bits per heavy atom. The summed E-state index contributed by atoms with van der Waals surface area (Å²) in [6, 6.07) is 4.58. The molecule has 1 heterocycles. The van der Waals surface area contributed by atoms with Gasteiger partial charge in [0.15, 0.2) is 0 Å². The van der Waals surface area contributed by atoms with Gasteiger partial charge in [0.1, 0.15) is 5.82 Å². The Hall–Kier alpha value is -1.14. The van der Waals surface area contributed by atoms with Gasteiger partial charge in [0.2, 0.25) is 10.0 Å². The third kappa shape index (κ3) is 3.25. The van der Waals surface area contributed by atoms with E-state index < -0.39 is 15.8 Å². The lowest BCUT2D eigenvalue weighted by molar-refractivity contribution is 0.575. The van der Waals surface area contributed by atoms with Gasteiger partial charge < -0.3 is 5.32 Å². The van der Waals surface area contributed by atoms with Crippen LogP contribution in [0, 0.1) is 5.82 Å². The van der Waals surface area contributed by atoms with Crippen molar-refractivity contribution in [3.05, 3.63) is 29.6 Å². The average molecular weight is 286 g/mol. The SMILES string of the molecule is CC(C)NCCS(=O)(=O)N1CCc2ccc(F)cc21. The maximum atomic E-state index is 13.2. The largest absolute Gasteiger partial charge is 0.313 e. The Bertz CT molecular complexity index is 558. The van der Waals surface area contributed by atoms with E-state index in [0.29, 0.717) is 25.2 Å². The zero-order valence-corrected chi connectivity index (χ0v) is 12.0. The van der Waals surface area contributed by atoms with Gasteiger partial charge in [-0.2, -0.15) is 0 Å². The molecule has 0 amide bonds. The van der Waals surface area contributed by atoms with Crippen LogP contribution in [-0.4, -0.2) is 33.3 Å². The van der Waals surface area contributed by atoms with Crippen molar-refractivity contribution in [3.63, 3.8) is 0 Å². The number of halogens is 1. The van der Waals surface area contributed by atoms with Crippen LogP contribution in [0.1, 0.15) is 19.4 Å². The second-order valence-corrected chi connectivity index (χ2v) is 7.03. The van der Waals surface area contributed by atoms with E-state index in [1.807, 2.05) is 13.8 Å². The highest BCUT2D eigenvalue weighted by Crippen LogP contribution is 2.30. The number of benzene rings is 1. The molecule has 4 nitrogen and oxygen atoms in total. The molecule has 0 bridgehead atoms. The number of rotatable bonds is 5. The van der Waals surface area contributed by atoms with Gasteiger partial charge in [-0.05, 0) is 24.1 Å². The lowest BCUT2D eigenvalue weighted by Gasteiger charge is -2.20. The molecule has 0 aromatic heterocycles. The normalized spacial score (nSPS) is 15.1. The van der Waals surface area contributed by atoms with Crippen LogP contribution in [0.2, 0.25) is 0 Å². The molecule has 0 saturated heterocycles. The summed E-state index contributed by atoms with van der Waals surface area (Å²) >= 11 is 0. The zero-order chi connectivity index (χ0) is 14.0. The molecule has 0 spiro atoms. The van der Waals surface area contributed by atoms with Crippen molar-refractivity contribution in [3.8, 4) is 0 Å². The van der Waals surface area contributed by atoms with Gasteiger partial charge in [-0.25, -0.2) is 12.8 Å². The van der Waals surface area contributed by atoms with E-state index in [1.54, 1.807) is 6.07 Å². The first-order valence-corrected chi connectivity index (χ1v) is 8.03. The monoisotopic (exact) mass is 286 g/mol. The fourth-order valence-corrected chi connectivity index (χ4v) is 3.63. The van der Waals surface area contributed by atoms with Crippen LogP contribution in [0.4, 0.5) is 10.1 Å². The number of sulfonamides is 1.